The zero-order chi connectivity index (χ0) is 20.1. The van der Waals surface area contributed by atoms with Gasteiger partial charge in [-0.15, -0.1) is 10.2 Å². The monoisotopic (exact) mass is 395 g/mol. The molecular formula is C23H33N5O. The van der Waals surface area contributed by atoms with E-state index in [-0.39, 0.29) is 5.91 Å². The van der Waals surface area contributed by atoms with Gasteiger partial charge in [0.1, 0.15) is 11.6 Å². The second-order valence-electron chi connectivity index (χ2n) is 8.54. The second-order valence-corrected chi connectivity index (χ2v) is 8.54. The fourth-order valence-corrected chi connectivity index (χ4v) is 4.71. The summed E-state index contributed by atoms with van der Waals surface area (Å²) in [6, 6.07) is 8.37. The third-order valence-electron chi connectivity index (χ3n) is 6.35. The van der Waals surface area contributed by atoms with Crippen LogP contribution in [0.25, 0.3) is 0 Å². The van der Waals surface area contributed by atoms with E-state index in [2.05, 4.69) is 56.2 Å². The van der Waals surface area contributed by atoms with Crippen LogP contribution in [0, 0.1) is 6.92 Å². The van der Waals surface area contributed by atoms with Gasteiger partial charge >= 0.3 is 0 Å². The van der Waals surface area contributed by atoms with E-state index in [4.69, 9.17) is 0 Å². The van der Waals surface area contributed by atoms with Crippen molar-refractivity contribution in [1.29, 1.82) is 0 Å². The topological polar surface area (TPSA) is 63.1 Å². The van der Waals surface area contributed by atoms with Crippen molar-refractivity contribution in [3.05, 3.63) is 47.0 Å². The molecule has 156 valence electrons. The minimum atomic E-state index is 0.124. The van der Waals surface area contributed by atoms with Crippen molar-refractivity contribution >= 4 is 5.91 Å². The molecule has 29 heavy (non-hydrogen) atoms. The van der Waals surface area contributed by atoms with Crippen LogP contribution in [0.2, 0.25) is 0 Å². The first-order chi connectivity index (χ1) is 14.2. The molecular weight excluding hydrogens is 362 g/mol. The molecule has 2 aliphatic rings. The van der Waals surface area contributed by atoms with Gasteiger partial charge in [0.15, 0.2) is 0 Å². The standard InChI is InChI=1S/C23H33N5O/c1-18-8-4-5-9-19(18)12-13-24-22(29)17-27-14-7-10-20(16-27)23-26-25-21-11-3-2-6-15-28(21)23/h4-5,8-9,20H,2-3,6-7,10-17H2,1H3,(H,24,29). The summed E-state index contributed by atoms with van der Waals surface area (Å²) in [5, 5.41) is 12.1. The number of nitrogens with zero attached hydrogens (tertiary/aromatic N) is 4. The van der Waals surface area contributed by atoms with Crippen molar-refractivity contribution in [2.45, 2.75) is 64.3 Å². The third-order valence-corrected chi connectivity index (χ3v) is 6.35. The van der Waals surface area contributed by atoms with Gasteiger partial charge in [-0.2, -0.15) is 0 Å². The van der Waals surface area contributed by atoms with E-state index in [1.54, 1.807) is 0 Å². The summed E-state index contributed by atoms with van der Waals surface area (Å²) >= 11 is 0. The Kier molecular flexibility index (Phi) is 6.60. The molecule has 4 rings (SSSR count). The van der Waals surface area contributed by atoms with Crippen LogP contribution >= 0.6 is 0 Å². The normalized spacial score (nSPS) is 20.1. The fourth-order valence-electron chi connectivity index (χ4n) is 4.71. The predicted molar refractivity (Wildman–Crippen MR) is 114 cm³/mol. The highest BCUT2D eigenvalue weighted by molar-refractivity contribution is 5.78. The summed E-state index contributed by atoms with van der Waals surface area (Å²) in [5.41, 5.74) is 2.59. The molecule has 6 nitrogen and oxygen atoms in total. The summed E-state index contributed by atoms with van der Waals surface area (Å²) in [6.45, 7) is 6.24. The third kappa shape index (κ3) is 5.04. The summed E-state index contributed by atoms with van der Waals surface area (Å²) in [4.78, 5) is 14.8. The van der Waals surface area contributed by atoms with Gasteiger partial charge in [0.2, 0.25) is 5.91 Å². The minimum absolute atomic E-state index is 0.124. The molecule has 0 spiro atoms. The van der Waals surface area contributed by atoms with Crippen LogP contribution in [0.1, 0.15) is 60.8 Å². The number of piperidine rings is 1. The van der Waals surface area contributed by atoms with Crippen molar-refractivity contribution in [3.63, 3.8) is 0 Å². The van der Waals surface area contributed by atoms with Crippen LogP contribution in [0.5, 0.6) is 0 Å². The van der Waals surface area contributed by atoms with Gasteiger partial charge in [-0.25, -0.2) is 0 Å². The zero-order valence-electron chi connectivity index (χ0n) is 17.6. The Morgan fingerprint density at radius 2 is 2.03 bits per heavy atom. The largest absolute Gasteiger partial charge is 0.355 e. The van der Waals surface area contributed by atoms with Gasteiger partial charge in [0.05, 0.1) is 6.54 Å². The number of fused-ring (bicyclic) bond motifs is 1. The molecule has 1 fully saturated rings. The minimum Gasteiger partial charge on any atom is -0.355 e. The maximum absolute atomic E-state index is 12.5. The lowest BCUT2D eigenvalue weighted by molar-refractivity contribution is -0.122. The van der Waals surface area contributed by atoms with E-state index in [1.807, 2.05) is 0 Å². The average molecular weight is 396 g/mol. The lowest BCUT2D eigenvalue weighted by atomic mass is 9.97. The summed E-state index contributed by atoms with van der Waals surface area (Å²) in [7, 11) is 0. The second kappa shape index (κ2) is 9.53. The van der Waals surface area contributed by atoms with Gasteiger partial charge in [-0.3, -0.25) is 9.69 Å². The Hall–Kier alpha value is -2.21. The number of benzene rings is 1. The molecule has 1 aromatic carbocycles. The van der Waals surface area contributed by atoms with Crippen LogP contribution in [0.4, 0.5) is 0 Å². The molecule has 1 amide bonds. The number of carbonyl (C=O) groups excluding carboxylic acids is 1. The summed E-state index contributed by atoms with van der Waals surface area (Å²) < 4.78 is 2.36. The number of likely N-dealkylation sites (tertiary alicyclic amines) is 1. The number of amides is 1. The van der Waals surface area contributed by atoms with Crippen molar-refractivity contribution in [2.75, 3.05) is 26.2 Å². The van der Waals surface area contributed by atoms with Crippen LogP contribution in [-0.2, 0) is 24.2 Å². The van der Waals surface area contributed by atoms with Crippen molar-refractivity contribution in [2.24, 2.45) is 0 Å². The highest BCUT2D eigenvalue weighted by atomic mass is 16.2. The molecule has 0 radical (unpaired) electrons. The first-order valence-corrected chi connectivity index (χ1v) is 11.2. The molecule has 3 heterocycles. The van der Waals surface area contributed by atoms with Gasteiger partial charge in [-0.05, 0) is 56.7 Å². The Labute approximate surface area is 173 Å². The van der Waals surface area contributed by atoms with Crippen LogP contribution in [0.15, 0.2) is 24.3 Å². The van der Waals surface area contributed by atoms with Gasteiger partial charge in [0.25, 0.3) is 0 Å². The smallest absolute Gasteiger partial charge is 0.234 e. The van der Waals surface area contributed by atoms with Gasteiger partial charge in [0, 0.05) is 32.0 Å². The molecule has 0 saturated carbocycles. The van der Waals surface area contributed by atoms with Crippen LogP contribution < -0.4 is 5.32 Å². The van der Waals surface area contributed by atoms with Crippen molar-refractivity contribution < 1.29 is 4.79 Å². The van der Waals surface area contributed by atoms with E-state index in [0.717, 1.165) is 57.0 Å². The number of aromatic nitrogens is 3. The maximum atomic E-state index is 12.5. The molecule has 2 aliphatic heterocycles. The molecule has 1 aromatic heterocycles. The van der Waals surface area contributed by atoms with E-state index in [1.165, 1.54) is 30.4 Å². The van der Waals surface area contributed by atoms with Crippen LogP contribution in [0.3, 0.4) is 0 Å². The Bertz CT molecular complexity index is 830. The van der Waals surface area contributed by atoms with Crippen LogP contribution in [-0.4, -0.2) is 51.8 Å². The lowest BCUT2D eigenvalue weighted by Crippen LogP contribution is -2.42. The number of hydrogen-bond acceptors (Lipinski definition) is 4. The summed E-state index contributed by atoms with van der Waals surface area (Å²) in [6.07, 6.45) is 7.91. The molecule has 0 bridgehead atoms. The van der Waals surface area contributed by atoms with Gasteiger partial charge in [-0.1, -0.05) is 30.7 Å². The number of aryl methyl sites for hydroxylation is 2. The first-order valence-electron chi connectivity index (χ1n) is 11.2. The summed E-state index contributed by atoms with van der Waals surface area (Å²) in [5.74, 6) is 2.82. The molecule has 1 atom stereocenters. The molecule has 1 unspecified atom stereocenters. The molecule has 6 heteroatoms. The molecule has 2 aromatic rings. The number of carbonyl (C=O) groups is 1. The highest BCUT2D eigenvalue weighted by Gasteiger charge is 2.28. The molecule has 1 saturated heterocycles. The molecule has 0 aliphatic carbocycles. The Morgan fingerprint density at radius 1 is 1.14 bits per heavy atom. The number of rotatable bonds is 6. The fraction of sp³-hybridized carbons (Fsp3) is 0.609. The van der Waals surface area contributed by atoms with Gasteiger partial charge < -0.3 is 9.88 Å². The van der Waals surface area contributed by atoms with E-state index in [9.17, 15) is 4.79 Å². The van der Waals surface area contributed by atoms with Crippen molar-refractivity contribution in [3.8, 4) is 0 Å². The van der Waals surface area contributed by atoms with Crippen molar-refractivity contribution in [1.82, 2.24) is 25.0 Å². The average Bonchev–Trinajstić information content (AvgIpc) is 2.98. The molecule has 1 N–H and O–H groups in total. The number of hydrogen-bond donors (Lipinski definition) is 1. The van der Waals surface area contributed by atoms with E-state index < -0.39 is 0 Å². The predicted octanol–water partition coefficient (Wildman–Crippen LogP) is 2.85. The Balaban J connectivity index is 1.28. The SMILES string of the molecule is Cc1ccccc1CCNC(=O)CN1CCCC(c2nnc3n2CCCCC3)C1. The lowest BCUT2D eigenvalue weighted by Gasteiger charge is -2.31. The maximum Gasteiger partial charge on any atom is 0.234 e. The van der Waals surface area contributed by atoms with E-state index >= 15 is 0 Å². The highest BCUT2D eigenvalue weighted by Crippen LogP contribution is 2.27. The quantitative estimate of drug-likeness (QED) is 0.817. The Morgan fingerprint density at radius 3 is 2.93 bits per heavy atom. The zero-order valence-corrected chi connectivity index (χ0v) is 17.6. The first kappa shape index (κ1) is 20.1. The van der Waals surface area contributed by atoms with E-state index in [0.29, 0.717) is 19.0 Å². The number of nitrogens with one attached hydrogen (secondary N) is 1.